The lowest BCUT2D eigenvalue weighted by Crippen LogP contribution is -2.53. The van der Waals surface area contributed by atoms with Crippen molar-refractivity contribution >= 4 is 16.7 Å². The van der Waals surface area contributed by atoms with Crippen molar-refractivity contribution in [2.24, 2.45) is 7.05 Å². The summed E-state index contributed by atoms with van der Waals surface area (Å²) in [5, 5.41) is 5.75. The van der Waals surface area contributed by atoms with Crippen LogP contribution in [0.1, 0.15) is 19.5 Å². The number of nitrogens with zero attached hydrogens (tertiary/aromatic N) is 6. The zero-order chi connectivity index (χ0) is 19.0. The molecule has 2 aliphatic heterocycles. The van der Waals surface area contributed by atoms with Gasteiger partial charge in [-0.05, 0) is 26.8 Å². The van der Waals surface area contributed by atoms with Crippen molar-refractivity contribution in [1.82, 2.24) is 24.6 Å². The largest absolute Gasteiger partial charge is 0.374 e. The van der Waals surface area contributed by atoms with Crippen LogP contribution in [0.5, 0.6) is 0 Å². The number of pyridine rings is 1. The quantitative estimate of drug-likeness (QED) is 0.811. The molecule has 2 saturated heterocycles. The number of ether oxygens (including phenoxy) is 1. The maximum absolute atomic E-state index is 6.03. The fourth-order valence-electron chi connectivity index (χ4n) is 4.40. The maximum atomic E-state index is 6.03. The highest BCUT2D eigenvalue weighted by Gasteiger charge is 2.27. The summed E-state index contributed by atoms with van der Waals surface area (Å²) < 4.78 is 7.91. The molecule has 4 rings (SSSR count). The summed E-state index contributed by atoms with van der Waals surface area (Å²) >= 11 is 0. The molecular formula is C20H32N6O. The van der Waals surface area contributed by atoms with Crippen molar-refractivity contribution in [3.8, 4) is 0 Å². The van der Waals surface area contributed by atoms with E-state index in [9.17, 15) is 0 Å². The van der Waals surface area contributed by atoms with Crippen molar-refractivity contribution in [2.75, 3.05) is 57.3 Å². The topological polar surface area (TPSA) is 49.7 Å². The summed E-state index contributed by atoms with van der Waals surface area (Å²) in [5.41, 5.74) is 3.30. The molecule has 1 unspecified atom stereocenters. The molecule has 2 fully saturated rings. The van der Waals surface area contributed by atoms with Crippen LogP contribution in [0.25, 0.3) is 11.0 Å². The maximum Gasteiger partial charge on any atom is 0.159 e. The van der Waals surface area contributed by atoms with Gasteiger partial charge in [0.15, 0.2) is 5.65 Å². The van der Waals surface area contributed by atoms with Crippen LogP contribution in [0.15, 0.2) is 12.3 Å². The first kappa shape index (κ1) is 18.7. The Labute approximate surface area is 161 Å². The van der Waals surface area contributed by atoms with Gasteiger partial charge in [-0.1, -0.05) is 0 Å². The zero-order valence-electron chi connectivity index (χ0n) is 17.1. The highest BCUT2D eigenvalue weighted by molar-refractivity contribution is 5.91. The summed E-state index contributed by atoms with van der Waals surface area (Å²) in [6.07, 6.45) is 2.24. The van der Waals surface area contributed by atoms with E-state index in [2.05, 4.69) is 51.6 Å². The second kappa shape index (κ2) is 7.73. The van der Waals surface area contributed by atoms with Crippen LogP contribution >= 0.6 is 0 Å². The van der Waals surface area contributed by atoms with E-state index in [1.165, 1.54) is 11.1 Å². The van der Waals surface area contributed by atoms with Crippen molar-refractivity contribution in [3.63, 3.8) is 0 Å². The molecule has 0 aromatic carbocycles. The van der Waals surface area contributed by atoms with E-state index in [0.717, 1.165) is 63.8 Å². The summed E-state index contributed by atoms with van der Waals surface area (Å²) in [5.74, 6) is 0. The smallest absolute Gasteiger partial charge is 0.159 e. The van der Waals surface area contributed by atoms with Crippen LogP contribution < -0.4 is 4.90 Å². The number of piperazine rings is 1. The molecule has 2 aromatic rings. The third-order valence-corrected chi connectivity index (χ3v) is 5.95. The van der Waals surface area contributed by atoms with Crippen LogP contribution in [0, 0.1) is 6.92 Å². The average molecular weight is 373 g/mol. The Kier molecular flexibility index (Phi) is 5.34. The molecule has 0 spiro atoms. The Balaban J connectivity index is 1.38. The van der Waals surface area contributed by atoms with E-state index < -0.39 is 0 Å². The van der Waals surface area contributed by atoms with E-state index in [4.69, 9.17) is 4.74 Å². The second-order valence-corrected chi connectivity index (χ2v) is 8.11. The van der Waals surface area contributed by atoms with E-state index >= 15 is 0 Å². The first-order valence-corrected chi connectivity index (χ1v) is 10.1. The molecule has 148 valence electrons. The molecule has 0 N–H and O–H groups in total. The molecule has 2 aliphatic rings. The van der Waals surface area contributed by atoms with Gasteiger partial charge in [-0.2, -0.15) is 5.10 Å². The fourth-order valence-corrected chi connectivity index (χ4v) is 4.40. The predicted octanol–water partition coefficient (Wildman–Crippen LogP) is 1.51. The van der Waals surface area contributed by atoms with Crippen LogP contribution in [-0.2, 0) is 11.8 Å². The molecule has 0 saturated carbocycles. The monoisotopic (exact) mass is 372 g/mol. The number of hydrogen-bond donors (Lipinski definition) is 0. The normalized spacial score (nSPS) is 22.9. The molecule has 2 aromatic heterocycles. The van der Waals surface area contributed by atoms with Gasteiger partial charge in [0, 0.05) is 65.1 Å². The predicted molar refractivity (Wildman–Crippen MR) is 108 cm³/mol. The number of morpholine rings is 1. The standard InChI is InChI=1S/C20H32N6O/c1-15(2)26-11-12-27-17(14-26)13-24-7-9-25(10-8-24)18-5-6-21-20-19(18)16(3)22-23(20)4/h5-6,15,17H,7-14H2,1-4H3. The number of aryl methyl sites for hydroxylation is 2. The fraction of sp³-hybridized carbons (Fsp3) is 0.700. The third kappa shape index (κ3) is 3.81. The lowest BCUT2D eigenvalue weighted by molar-refractivity contribution is -0.0525. The van der Waals surface area contributed by atoms with Crippen molar-refractivity contribution in [2.45, 2.75) is 32.9 Å². The molecule has 0 radical (unpaired) electrons. The van der Waals surface area contributed by atoms with Gasteiger partial charge in [-0.3, -0.25) is 14.5 Å². The highest BCUT2D eigenvalue weighted by Crippen LogP contribution is 2.28. The molecule has 1 atom stereocenters. The minimum atomic E-state index is 0.334. The van der Waals surface area contributed by atoms with Gasteiger partial charge < -0.3 is 9.64 Å². The van der Waals surface area contributed by atoms with Gasteiger partial charge in [-0.15, -0.1) is 0 Å². The van der Waals surface area contributed by atoms with Crippen LogP contribution in [0.2, 0.25) is 0 Å². The zero-order valence-corrected chi connectivity index (χ0v) is 17.1. The Morgan fingerprint density at radius 1 is 1.19 bits per heavy atom. The Bertz CT molecular complexity index is 780. The second-order valence-electron chi connectivity index (χ2n) is 8.11. The lowest BCUT2D eigenvalue weighted by atomic mass is 10.1. The van der Waals surface area contributed by atoms with Gasteiger partial charge in [0.25, 0.3) is 0 Å². The first-order chi connectivity index (χ1) is 13.0. The van der Waals surface area contributed by atoms with Gasteiger partial charge >= 0.3 is 0 Å². The van der Waals surface area contributed by atoms with Crippen molar-refractivity contribution in [1.29, 1.82) is 0 Å². The average Bonchev–Trinajstić information content (AvgIpc) is 2.97. The molecular weight excluding hydrogens is 340 g/mol. The summed E-state index contributed by atoms with van der Waals surface area (Å²) in [6, 6.07) is 2.74. The van der Waals surface area contributed by atoms with Gasteiger partial charge in [0.2, 0.25) is 0 Å². The van der Waals surface area contributed by atoms with Crippen molar-refractivity contribution in [3.05, 3.63) is 18.0 Å². The minimum Gasteiger partial charge on any atom is -0.374 e. The van der Waals surface area contributed by atoms with Gasteiger partial charge in [0.05, 0.1) is 29.5 Å². The lowest BCUT2D eigenvalue weighted by Gasteiger charge is -2.41. The van der Waals surface area contributed by atoms with Crippen LogP contribution in [-0.4, -0.2) is 89.1 Å². The summed E-state index contributed by atoms with van der Waals surface area (Å²) in [6.45, 7) is 14.9. The molecule has 7 nitrogen and oxygen atoms in total. The number of rotatable bonds is 4. The summed E-state index contributed by atoms with van der Waals surface area (Å²) in [4.78, 5) is 12.1. The number of aromatic nitrogens is 3. The Morgan fingerprint density at radius 3 is 2.70 bits per heavy atom. The van der Waals surface area contributed by atoms with Crippen LogP contribution in [0.4, 0.5) is 5.69 Å². The molecule has 0 bridgehead atoms. The van der Waals surface area contributed by atoms with E-state index in [1.807, 2.05) is 17.9 Å². The Hall–Kier alpha value is -1.70. The van der Waals surface area contributed by atoms with E-state index in [0.29, 0.717) is 12.1 Å². The van der Waals surface area contributed by atoms with Gasteiger partial charge in [-0.25, -0.2) is 4.98 Å². The molecule has 27 heavy (non-hydrogen) atoms. The molecule has 4 heterocycles. The van der Waals surface area contributed by atoms with Crippen LogP contribution in [0.3, 0.4) is 0 Å². The Morgan fingerprint density at radius 2 is 1.96 bits per heavy atom. The molecule has 0 aliphatic carbocycles. The third-order valence-electron chi connectivity index (χ3n) is 5.95. The minimum absolute atomic E-state index is 0.334. The first-order valence-electron chi connectivity index (χ1n) is 10.1. The SMILES string of the molecule is Cc1nn(C)c2nccc(N3CCN(CC4CN(C(C)C)CCO4)CC3)c12. The number of hydrogen-bond acceptors (Lipinski definition) is 6. The van der Waals surface area contributed by atoms with Gasteiger partial charge in [0.1, 0.15) is 0 Å². The number of fused-ring (bicyclic) bond motifs is 1. The van der Waals surface area contributed by atoms with E-state index in [1.54, 1.807) is 0 Å². The molecule has 0 amide bonds. The molecule has 7 heteroatoms. The van der Waals surface area contributed by atoms with E-state index in [-0.39, 0.29) is 0 Å². The summed E-state index contributed by atoms with van der Waals surface area (Å²) in [7, 11) is 1.97. The van der Waals surface area contributed by atoms with Crippen molar-refractivity contribution < 1.29 is 4.74 Å². The number of anilines is 1. The highest BCUT2D eigenvalue weighted by atomic mass is 16.5.